The van der Waals surface area contributed by atoms with Crippen molar-refractivity contribution in [1.82, 2.24) is 5.32 Å². The molecule has 2 nitrogen and oxygen atoms in total. The number of ether oxygens (including phenoxy) is 1. The van der Waals surface area contributed by atoms with Crippen LogP contribution >= 0.6 is 11.6 Å². The van der Waals surface area contributed by atoms with Crippen LogP contribution in [0.1, 0.15) is 36.1 Å². The molecule has 1 unspecified atom stereocenters. The molecule has 0 amide bonds. The Morgan fingerprint density at radius 1 is 1.14 bits per heavy atom. The first-order valence-electron chi connectivity index (χ1n) is 7.29. The number of aryl methyl sites for hydroxylation is 1. The Morgan fingerprint density at radius 3 is 2.62 bits per heavy atom. The van der Waals surface area contributed by atoms with Crippen LogP contribution in [-0.2, 0) is 0 Å². The van der Waals surface area contributed by atoms with E-state index in [0.29, 0.717) is 0 Å². The van der Waals surface area contributed by atoms with Gasteiger partial charge in [-0.3, -0.25) is 0 Å². The van der Waals surface area contributed by atoms with Crippen molar-refractivity contribution in [2.75, 3.05) is 13.7 Å². The average molecular weight is 304 g/mol. The van der Waals surface area contributed by atoms with E-state index in [2.05, 4.69) is 31.3 Å². The van der Waals surface area contributed by atoms with Gasteiger partial charge in [0.1, 0.15) is 5.75 Å². The van der Waals surface area contributed by atoms with Gasteiger partial charge < -0.3 is 10.1 Å². The van der Waals surface area contributed by atoms with Crippen LogP contribution in [0.15, 0.2) is 42.5 Å². The summed E-state index contributed by atoms with van der Waals surface area (Å²) in [6.07, 6.45) is 1.07. The maximum Gasteiger partial charge on any atom is 0.123 e. The molecule has 112 valence electrons. The van der Waals surface area contributed by atoms with Gasteiger partial charge in [-0.2, -0.15) is 0 Å². The van der Waals surface area contributed by atoms with Gasteiger partial charge in [-0.25, -0.2) is 0 Å². The number of hydrogen-bond donors (Lipinski definition) is 1. The molecule has 21 heavy (non-hydrogen) atoms. The van der Waals surface area contributed by atoms with Crippen molar-refractivity contribution in [3.05, 3.63) is 64.2 Å². The van der Waals surface area contributed by atoms with Crippen LogP contribution in [0.4, 0.5) is 0 Å². The Kier molecular flexibility index (Phi) is 5.66. The van der Waals surface area contributed by atoms with Crippen LogP contribution in [0.3, 0.4) is 0 Å². The Bertz CT molecular complexity index is 598. The fourth-order valence-corrected chi connectivity index (χ4v) is 2.68. The molecule has 2 aromatic carbocycles. The van der Waals surface area contributed by atoms with Gasteiger partial charge in [-0.15, -0.1) is 0 Å². The monoisotopic (exact) mass is 303 g/mol. The third-order valence-corrected chi connectivity index (χ3v) is 3.84. The summed E-state index contributed by atoms with van der Waals surface area (Å²) < 4.78 is 5.52. The van der Waals surface area contributed by atoms with E-state index in [0.717, 1.165) is 29.3 Å². The van der Waals surface area contributed by atoms with E-state index >= 15 is 0 Å². The van der Waals surface area contributed by atoms with E-state index in [4.69, 9.17) is 16.3 Å². The van der Waals surface area contributed by atoms with Crippen LogP contribution in [0.5, 0.6) is 5.75 Å². The predicted octanol–water partition coefficient (Wildman–Crippen LogP) is 4.75. The van der Waals surface area contributed by atoms with Crippen LogP contribution < -0.4 is 10.1 Å². The molecule has 0 bridgehead atoms. The van der Waals surface area contributed by atoms with Crippen molar-refractivity contribution < 1.29 is 4.74 Å². The first kappa shape index (κ1) is 15.9. The summed E-state index contributed by atoms with van der Waals surface area (Å²) in [6.45, 7) is 5.22. The van der Waals surface area contributed by atoms with Crippen molar-refractivity contribution in [3.63, 3.8) is 0 Å². The van der Waals surface area contributed by atoms with Crippen LogP contribution in [0, 0.1) is 6.92 Å². The summed E-state index contributed by atoms with van der Waals surface area (Å²) in [4.78, 5) is 0. The van der Waals surface area contributed by atoms with Crippen molar-refractivity contribution in [3.8, 4) is 5.75 Å². The van der Waals surface area contributed by atoms with Crippen LogP contribution in [-0.4, -0.2) is 13.7 Å². The highest BCUT2D eigenvalue weighted by atomic mass is 35.5. The molecule has 0 saturated carbocycles. The minimum atomic E-state index is 0.0831. The van der Waals surface area contributed by atoms with Gasteiger partial charge in [-0.1, -0.05) is 42.8 Å². The molecular weight excluding hydrogens is 282 g/mol. The highest BCUT2D eigenvalue weighted by Crippen LogP contribution is 2.32. The molecule has 0 saturated heterocycles. The van der Waals surface area contributed by atoms with Gasteiger partial charge in [0.25, 0.3) is 0 Å². The summed E-state index contributed by atoms with van der Waals surface area (Å²) in [5.41, 5.74) is 3.55. The van der Waals surface area contributed by atoms with Crippen molar-refractivity contribution in [1.29, 1.82) is 0 Å². The average Bonchev–Trinajstić information content (AvgIpc) is 2.51. The first-order chi connectivity index (χ1) is 10.2. The zero-order valence-electron chi connectivity index (χ0n) is 12.8. The van der Waals surface area contributed by atoms with Gasteiger partial charge in [0, 0.05) is 10.6 Å². The Labute approximate surface area is 132 Å². The number of methoxy groups -OCH3 is 1. The van der Waals surface area contributed by atoms with E-state index in [-0.39, 0.29) is 6.04 Å². The molecule has 3 heteroatoms. The molecule has 1 N–H and O–H groups in total. The standard InChI is InChI=1S/C18H22ClNO/c1-4-11-20-18(15-7-5-6-8-17(15)21-3)16-12-14(19)10-9-13(16)2/h5-10,12,18,20H,4,11H2,1-3H3. The molecule has 1 atom stereocenters. The molecule has 0 aliphatic heterocycles. The summed E-state index contributed by atoms with van der Waals surface area (Å²) in [7, 11) is 1.71. The maximum absolute atomic E-state index is 6.20. The molecular formula is C18H22ClNO. The quantitative estimate of drug-likeness (QED) is 0.832. The fraction of sp³-hybridized carbons (Fsp3) is 0.333. The molecule has 2 rings (SSSR count). The second kappa shape index (κ2) is 7.48. The van der Waals surface area contributed by atoms with Gasteiger partial charge in [0.05, 0.1) is 13.2 Å². The molecule has 0 aromatic heterocycles. The number of nitrogens with one attached hydrogen (secondary N) is 1. The van der Waals surface area contributed by atoms with Crippen LogP contribution in [0.25, 0.3) is 0 Å². The number of hydrogen-bond acceptors (Lipinski definition) is 2. The van der Waals surface area contributed by atoms with E-state index in [1.54, 1.807) is 7.11 Å². The van der Waals surface area contributed by atoms with E-state index in [1.165, 1.54) is 11.1 Å². The summed E-state index contributed by atoms with van der Waals surface area (Å²) >= 11 is 6.20. The highest BCUT2D eigenvalue weighted by Gasteiger charge is 2.19. The Morgan fingerprint density at radius 2 is 1.90 bits per heavy atom. The lowest BCUT2D eigenvalue weighted by molar-refractivity contribution is 0.403. The fourth-order valence-electron chi connectivity index (χ4n) is 2.50. The second-order valence-electron chi connectivity index (χ2n) is 5.13. The SMILES string of the molecule is CCCNC(c1cc(Cl)ccc1C)c1ccccc1OC. The predicted molar refractivity (Wildman–Crippen MR) is 89.3 cm³/mol. The normalized spacial score (nSPS) is 12.2. The number of benzene rings is 2. The zero-order chi connectivity index (χ0) is 15.2. The topological polar surface area (TPSA) is 21.3 Å². The lowest BCUT2D eigenvalue weighted by Gasteiger charge is -2.23. The zero-order valence-corrected chi connectivity index (χ0v) is 13.6. The first-order valence-corrected chi connectivity index (χ1v) is 7.67. The maximum atomic E-state index is 6.20. The Hall–Kier alpha value is -1.51. The molecule has 0 aliphatic rings. The van der Waals surface area contributed by atoms with E-state index in [9.17, 15) is 0 Å². The van der Waals surface area contributed by atoms with Crippen molar-refractivity contribution in [2.45, 2.75) is 26.3 Å². The molecule has 0 fully saturated rings. The summed E-state index contributed by atoms with van der Waals surface area (Å²) in [5.74, 6) is 0.894. The minimum absolute atomic E-state index is 0.0831. The lowest BCUT2D eigenvalue weighted by Crippen LogP contribution is -2.24. The summed E-state index contributed by atoms with van der Waals surface area (Å²) in [6, 6.07) is 14.2. The minimum Gasteiger partial charge on any atom is -0.496 e. The number of halogens is 1. The molecule has 0 spiro atoms. The molecule has 2 aromatic rings. The lowest BCUT2D eigenvalue weighted by atomic mass is 9.94. The molecule has 0 aliphatic carbocycles. The van der Waals surface area contributed by atoms with Gasteiger partial charge in [-0.05, 0) is 49.2 Å². The molecule has 0 heterocycles. The third-order valence-electron chi connectivity index (χ3n) is 3.60. The number of para-hydroxylation sites is 1. The second-order valence-corrected chi connectivity index (χ2v) is 5.57. The van der Waals surface area contributed by atoms with Gasteiger partial charge in [0.2, 0.25) is 0 Å². The van der Waals surface area contributed by atoms with Crippen molar-refractivity contribution >= 4 is 11.6 Å². The highest BCUT2D eigenvalue weighted by molar-refractivity contribution is 6.30. The van der Waals surface area contributed by atoms with E-state index < -0.39 is 0 Å². The van der Waals surface area contributed by atoms with Gasteiger partial charge >= 0.3 is 0 Å². The van der Waals surface area contributed by atoms with Gasteiger partial charge in [0.15, 0.2) is 0 Å². The summed E-state index contributed by atoms with van der Waals surface area (Å²) in [5, 5.41) is 4.36. The number of rotatable bonds is 6. The largest absolute Gasteiger partial charge is 0.496 e. The van der Waals surface area contributed by atoms with E-state index in [1.807, 2.05) is 30.3 Å². The Balaban J connectivity index is 2.49. The van der Waals surface area contributed by atoms with Crippen molar-refractivity contribution in [2.24, 2.45) is 0 Å². The molecule has 0 radical (unpaired) electrons. The third kappa shape index (κ3) is 3.78. The van der Waals surface area contributed by atoms with Crippen LogP contribution in [0.2, 0.25) is 5.02 Å². The smallest absolute Gasteiger partial charge is 0.123 e.